The van der Waals surface area contributed by atoms with Crippen LogP contribution in [-0.4, -0.2) is 24.0 Å². The lowest BCUT2D eigenvalue weighted by molar-refractivity contribution is 0.0957. The fraction of sp³-hybridized carbons (Fsp3) is 0.200. The molecule has 0 aliphatic heterocycles. The molecular formula is C20H20ClN3OS. The number of aryl methyl sites for hydroxylation is 1. The highest BCUT2D eigenvalue weighted by molar-refractivity contribution is 7.17. The van der Waals surface area contributed by atoms with E-state index < -0.39 is 0 Å². The number of aromatic nitrogens is 1. The predicted octanol–water partition coefficient (Wildman–Crippen LogP) is 5.00. The largest absolute Gasteiger partial charge is 0.385 e. The third-order valence-corrected chi connectivity index (χ3v) is 5.26. The molecule has 3 aromatic rings. The summed E-state index contributed by atoms with van der Waals surface area (Å²) in [7, 11) is 0. The van der Waals surface area contributed by atoms with Crippen molar-refractivity contribution < 1.29 is 4.79 Å². The van der Waals surface area contributed by atoms with Crippen molar-refractivity contribution in [2.45, 2.75) is 13.3 Å². The summed E-state index contributed by atoms with van der Waals surface area (Å²) in [6.07, 6.45) is 0.847. The number of nitrogens with one attached hydrogen (secondary N) is 2. The minimum atomic E-state index is -0.0759. The van der Waals surface area contributed by atoms with Gasteiger partial charge in [0.05, 0.1) is 5.69 Å². The topological polar surface area (TPSA) is 54.0 Å². The van der Waals surface area contributed by atoms with E-state index in [2.05, 4.69) is 15.6 Å². The van der Waals surface area contributed by atoms with Gasteiger partial charge in [0, 0.05) is 29.4 Å². The molecule has 0 aliphatic rings. The molecule has 1 amide bonds. The summed E-state index contributed by atoms with van der Waals surface area (Å²) >= 11 is 7.43. The van der Waals surface area contributed by atoms with Gasteiger partial charge < -0.3 is 10.6 Å². The van der Waals surface area contributed by atoms with Crippen LogP contribution in [-0.2, 0) is 0 Å². The number of halogens is 1. The highest BCUT2D eigenvalue weighted by atomic mass is 35.5. The van der Waals surface area contributed by atoms with E-state index in [0.29, 0.717) is 16.4 Å². The van der Waals surface area contributed by atoms with Crippen molar-refractivity contribution in [3.63, 3.8) is 0 Å². The third-order valence-electron chi connectivity index (χ3n) is 3.82. The normalized spacial score (nSPS) is 10.5. The summed E-state index contributed by atoms with van der Waals surface area (Å²) < 4.78 is 0. The van der Waals surface area contributed by atoms with Gasteiger partial charge in [0.25, 0.3) is 5.91 Å². The zero-order valence-electron chi connectivity index (χ0n) is 14.5. The van der Waals surface area contributed by atoms with E-state index in [1.54, 1.807) is 0 Å². The maximum atomic E-state index is 12.4. The molecule has 2 N–H and O–H groups in total. The first-order chi connectivity index (χ1) is 12.6. The first-order valence-electron chi connectivity index (χ1n) is 8.44. The Kier molecular flexibility index (Phi) is 6.26. The Morgan fingerprint density at radius 2 is 1.92 bits per heavy atom. The molecule has 0 aliphatic carbocycles. The van der Waals surface area contributed by atoms with E-state index in [-0.39, 0.29) is 5.91 Å². The predicted molar refractivity (Wildman–Crippen MR) is 109 cm³/mol. The molecule has 0 spiro atoms. The number of anilines is 1. The van der Waals surface area contributed by atoms with E-state index >= 15 is 0 Å². The van der Waals surface area contributed by atoms with Crippen LogP contribution in [0.1, 0.15) is 21.8 Å². The van der Waals surface area contributed by atoms with Gasteiger partial charge >= 0.3 is 0 Å². The van der Waals surface area contributed by atoms with Gasteiger partial charge in [-0.05, 0) is 37.6 Å². The highest BCUT2D eigenvalue weighted by Gasteiger charge is 2.15. The van der Waals surface area contributed by atoms with Crippen LogP contribution in [0.3, 0.4) is 0 Å². The minimum absolute atomic E-state index is 0.0759. The Labute approximate surface area is 162 Å². The maximum absolute atomic E-state index is 12.4. The highest BCUT2D eigenvalue weighted by Crippen LogP contribution is 2.29. The molecule has 134 valence electrons. The number of hydrogen-bond acceptors (Lipinski definition) is 4. The molecule has 0 fully saturated rings. The van der Waals surface area contributed by atoms with Gasteiger partial charge in [0.1, 0.15) is 9.88 Å². The quantitative estimate of drug-likeness (QED) is 0.562. The zero-order valence-corrected chi connectivity index (χ0v) is 16.0. The lowest BCUT2D eigenvalue weighted by Crippen LogP contribution is -2.25. The van der Waals surface area contributed by atoms with Crippen LogP contribution in [0.5, 0.6) is 0 Å². The van der Waals surface area contributed by atoms with Crippen molar-refractivity contribution in [3.05, 3.63) is 70.2 Å². The Balaban J connectivity index is 1.52. The van der Waals surface area contributed by atoms with Crippen molar-refractivity contribution >= 4 is 34.5 Å². The van der Waals surface area contributed by atoms with E-state index in [1.807, 2.05) is 61.5 Å². The lowest BCUT2D eigenvalue weighted by atomic mass is 10.2. The number of thiazole rings is 1. The van der Waals surface area contributed by atoms with Crippen molar-refractivity contribution in [1.82, 2.24) is 10.3 Å². The Morgan fingerprint density at radius 1 is 1.12 bits per heavy atom. The van der Waals surface area contributed by atoms with Crippen LogP contribution in [0, 0.1) is 6.92 Å². The summed E-state index contributed by atoms with van der Waals surface area (Å²) in [4.78, 5) is 17.6. The van der Waals surface area contributed by atoms with Gasteiger partial charge in [-0.15, -0.1) is 11.3 Å². The Morgan fingerprint density at radius 3 is 2.69 bits per heavy atom. The van der Waals surface area contributed by atoms with Crippen molar-refractivity contribution in [2.75, 3.05) is 18.4 Å². The molecule has 0 unspecified atom stereocenters. The molecule has 6 heteroatoms. The molecule has 26 heavy (non-hydrogen) atoms. The first-order valence-corrected chi connectivity index (χ1v) is 9.63. The maximum Gasteiger partial charge on any atom is 0.263 e. The average molecular weight is 386 g/mol. The van der Waals surface area contributed by atoms with Crippen molar-refractivity contribution in [1.29, 1.82) is 0 Å². The van der Waals surface area contributed by atoms with E-state index in [0.717, 1.165) is 34.9 Å². The van der Waals surface area contributed by atoms with Crippen LogP contribution in [0.4, 0.5) is 5.69 Å². The van der Waals surface area contributed by atoms with E-state index in [1.165, 1.54) is 11.3 Å². The number of carbonyl (C=O) groups is 1. The van der Waals surface area contributed by atoms with Crippen LogP contribution in [0.2, 0.25) is 5.02 Å². The first kappa shape index (κ1) is 18.4. The fourth-order valence-corrected chi connectivity index (χ4v) is 3.68. The SMILES string of the molecule is Cc1nc(-c2cccc(Cl)c2)sc1C(=O)NCCCNc1ccccc1. The molecule has 0 bridgehead atoms. The molecule has 0 saturated heterocycles. The number of benzene rings is 2. The van der Waals surface area contributed by atoms with Gasteiger partial charge in [-0.25, -0.2) is 4.98 Å². The number of nitrogens with zero attached hydrogens (tertiary/aromatic N) is 1. The van der Waals surface area contributed by atoms with Crippen LogP contribution >= 0.6 is 22.9 Å². The molecule has 0 radical (unpaired) electrons. The fourth-order valence-electron chi connectivity index (χ4n) is 2.51. The number of hydrogen-bond donors (Lipinski definition) is 2. The molecule has 3 rings (SSSR count). The minimum Gasteiger partial charge on any atom is -0.385 e. The van der Waals surface area contributed by atoms with Crippen molar-refractivity contribution in [3.8, 4) is 10.6 Å². The smallest absolute Gasteiger partial charge is 0.263 e. The summed E-state index contributed by atoms with van der Waals surface area (Å²) in [6, 6.07) is 17.5. The molecule has 0 saturated carbocycles. The zero-order chi connectivity index (χ0) is 18.4. The number of carbonyl (C=O) groups excluding carboxylic acids is 1. The molecule has 4 nitrogen and oxygen atoms in total. The molecule has 1 aromatic heterocycles. The van der Waals surface area contributed by atoms with Gasteiger partial charge in [-0.2, -0.15) is 0 Å². The molecule has 0 atom stereocenters. The monoisotopic (exact) mass is 385 g/mol. The Bertz CT molecular complexity index is 880. The summed E-state index contributed by atoms with van der Waals surface area (Å²) in [5.41, 5.74) is 2.75. The third kappa shape index (κ3) is 4.84. The number of para-hydroxylation sites is 1. The van der Waals surface area contributed by atoms with Crippen LogP contribution in [0.15, 0.2) is 54.6 Å². The summed E-state index contributed by atoms with van der Waals surface area (Å²) in [6.45, 7) is 3.28. The van der Waals surface area contributed by atoms with Gasteiger partial charge in [-0.1, -0.05) is 41.9 Å². The lowest BCUT2D eigenvalue weighted by Gasteiger charge is -2.07. The summed E-state index contributed by atoms with van der Waals surface area (Å²) in [5, 5.41) is 7.76. The van der Waals surface area contributed by atoms with Gasteiger partial charge in [0.15, 0.2) is 0 Å². The number of amides is 1. The van der Waals surface area contributed by atoms with Crippen LogP contribution in [0.25, 0.3) is 10.6 Å². The van der Waals surface area contributed by atoms with E-state index in [9.17, 15) is 4.79 Å². The summed E-state index contributed by atoms with van der Waals surface area (Å²) in [5.74, 6) is -0.0759. The van der Waals surface area contributed by atoms with Gasteiger partial charge in [0.2, 0.25) is 0 Å². The molecule has 1 heterocycles. The van der Waals surface area contributed by atoms with Gasteiger partial charge in [-0.3, -0.25) is 4.79 Å². The number of rotatable bonds is 7. The Hall–Kier alpha value is -2.37. The van der Waals surface area contributed by atoms with E-state index in [4.69, 9.17) is 11.6 Å². The average Bonchev–Trinajstić information content (AvgIpc) is 3.04. The van der Waals surface area contributed by atoms with Crippen LogP contribution < -0.4 is 10.6 Å². The second kappa shape index (κ2) is 8.83. The standard InChI is InChI=1S/C20H20ClN3OS/c1-14-18(26-20(24-14)15-7-5-8-16(21)13-15)19(25)23-12-6-11-22-17-9-3-2-4-10-17/h2-5,7-10,13,22H,6,11-12H2,1H3,(H,23,25). The second-order valence-corrected chi connectivity index (χ2v) is 7.28. The second-order valence-electron chi connectivity index (χ2n) is 5.85. The molecular weight excluding hydrogens is 366 g/mol. The van der Waals surface area contributed by atoms with Crippen molar-refractivity contribution in [2.24, 2.45) is 0 Å². The molecule has 2 aromatic carbocycles.